The molecule has 1 aliphatic rings. The van der Waals surface area contributed by atoms with E-state index < -0.39 is 6.10 Å². The Morgan fingerprint density at radius 3 is 2.75 bits per heavy atom. The number of rotatable bonds is 1. The van der Waals surface area contributed by atoms with Crippen molar-refractivity contribution in [2.24, 2.45) is 0 Å². The van der Waals surface area contributed by atoms with Gasteiger partial charge in [0.1, 0.15) is 6.10 Å². The van der Waals surface area contributed by atoms with Crippen LogP contribution in [0.25, 0.3) is 0 Å². The van der Waals surface area contributed by atoms with Crippen molar-refractivity contribution < 1.29 is 9.90 Å². The van der Waals surface area contributed by atoms with Crippen molar-refractivity contribution >= 4 is 5.91 Å². The second-order valence-corrected chi connectivity index (χ2v) is 3.55. The number of carbonyl (C=O) groups excluding carboxylic acids is 1. The van der Waals surface area contributed by atoms with E-state index in [9.17, 15) is 4.79 Å². The standard InChI is InChI=1S/C9H17NO2/c1-7-5-3-4-6-10(7)9(12)8(2)11/h7-8,11H,3-6H2,1-2H3/t7-,8-/m0/s1. The predicted molar refractivity (Wildman–Crippen MR) is 46.7 cm³/mol. The molecule has 70 valence electrons. The van der Waals surface area contributed by atoms with Crippen molar-refractivity contribution in [2.45, 2.75) is 45.3 Å². The summed E-state index contributed by atoms with van der Waals surface area (Å²) in [7, 11) is 0. The minimum Gasteiger partial charge on any atom is -0.384 e. The van der Waals surface area contributed by atoms with Crippen molar-refractivity contribution in [3.8, 4) is 0 Å². The summed E-state index contributed by atoms with van der Waals surface area (Å²) in [6, 6.07) is 0.306. The topological polar surface area (TPSA) is 40.5 Å². The highest BCUT2D eigenvalue weighted by atomic mass is 16.3. The van der Waals surface area contributed by atoms with Crippen molar-refractivity contribution in [1.82, 2.24) is 4.90 Å². The fourth-order valence-corrected chi connectivity index (χ4v) is 1.67. The Labute approximate surface area is 73.4 Å². The van der Waals surface area contributed by atoms with Crippen LogP contribution in [0.5, 0.6) is 0 Å². The van der Waals surface area contributed by atoms with Gasteiger partial charge in [-0.15, -0.1) is 0 Å². The number of amides is 1. The summed E-state index contributed by atoms with van der Waals surface area (Å²) >= 11 is 0. The fourth-order valence-electron chi connectivity index (χ4n) is 1.67. The molecule has 0 aliphatic carbocycles. The number of piperidine rings is 1. The van der Waals surface area contributed by atoms with Crippen LogP contribution in [0.1, 0.15) is 33.1 Å². The second kappa shape index (κ2) is 3.90. The van der Waals surface area contributed by atoms with Crippen LogP contribution >= 0.6 is 0 Å². The van der Waals surface area contributed by atoms with E-state index in [4.69, 9.17) is 5.11 Å². The molecule has 1 amide bonds. The number of hydrogen-bond donors (Lipinski definition) is 1. The molecule has 3 nitrogen and oxygen atoms in total. The molecule has 0 aromatic heterocycles. The quantitative estimate of drug-likeness (QED) is 0.633. The van der Waals surface area contributed by atoms with Crippen molar-refractivity contribution in [3.05, 3.63) is 0 Å². The Hall–Kier alpha value is -0.570. The first-order chi connectivity index (χ1) is 5.63. The second-order valence-electron chi connectivity index (χ2n) is 3.55. The van der Waals surface area contributed by atoms with Gasteiger partial charge in [0.15, 0.2) is 0 Å². The molecule has 1 fully saturated rings. The van der Waals surface area contributed by atoms with Crippen LogP contribution in [-0.4, -0.2) is 34.6 Å². The number of nitrogens with zero attached hydrogens (tertiary/aromatic N) is 1. The normalized spacial score (nSPS) is 26.9. The van der Waals surface area contributed by atoms with Crippen molar-refractivity contribution in [1.29, 1.82) is 0 Å². The van der Waals surface area contributed by atoms with Crippen LogP contribution in [0.4, 0.5) is 0 Å². The van der Waals surface area contributed by atoms with Crippen LogP contribution in [0.15, 0.2) is 0 Å². The monoisotopic (exact) mass is 171 g/mol. The summed E-state index contributed by atoms with van der Waals surface area (Å²) in [4.78, 5) is 13.2. The van der Waals surface area contributed by atoms with E-state index in [0.717, 1.165) is 19.4 Å². The van der Waals surface area contributed by atoms with Gasteiger partial charge >= 0.3 is 0 Å². The number of likely N-dealkylation sites (tertiary alicyclic amines) is 1. The highest BCUT2D eigenvalue weighted by Gasteiger charge is 2.25. The molecule has 1 saturated heterocycles. The molecule has 0 unspecified atom stereocenters. The van der Waals surface area contributed by atoms with Gasteiger partial charge in [-0.3, -0.25) is 4.79 Å². The van der Waals surface area contributed by atoms with E-state index >= 15 is 0 Å². The molecule has 2 atom stereocenters. The van der Waals surface area contributed by atoms with E-state index in [1.165, 1.54) is 13.3 Å². The lowest BCUT2D eigenvalue weighted by Gasteiger charge is -2.34. The number of aliphatic hydroxyl groups excluding tert-OH is 1. The first-order valence-electron chi connectivity index (χ1n) is 4.61. The smallest absolute Gasteiger partial charge is 0.251 e. The summed E-state index contributed by atoms with van der Waals surface area (Å²) in [5, 5.41) is 9.10. The Morgan fingerprint density at radius 1 is 1.58 bits per heavy atom. The van der Waals surface area contributed by atoms with Gasteiger partial charge in [0, 0.05) is 12.6 Å². The molecule has 1 heterocycles. The van der Waals surface area contributed by atoms with Gasteiger partial charge in [0.05, 0.1) is 0 Å². The third-order valence-corrected chi connectivity index (χ3v) is 2.44. The third kappa shape index (κ3) is 1.97. The minimum absolute atomic E-state index is 0.123. The summed E-state index contributed by atoms with van der Waals surface area (Å²) in [6.45, 7) is 4.38. The van der Waals surface area contributed by atoms with Gasteiger partial charge in [-0.25, -0.2) is 0 Å². The molecule has 1 N–H and O–H groups in total. The molecule has 3 heteroatoms. The maximum Gasteiger partial charge on any atom is 0.251 e. The van der Waals surface area contributed by atoms with Gasteiger partial charge < -0.3 is 10.0 Å². The lowest BCUT2D eigenvalue weighted by atomic mass is 10.0. The Kier molecular flexibility index (Phi) is 3.09. The lowest BCUT2D eigenvalue weighted by Crippen LogP contribution is -2.46. The van der Waals surface area contributed by atoms with Gasteiger partial charge in [0.25, 0.3) is 5.91 Å². The molecule has 0 radical (unpaired) electrons. The van der Waals surface area contributed by atoms with Crippen LogP contribution in [0.3, 0.4) is 0 Å². The maximum absolute atomic E-state index is 11.4. The van der Waals surface area contributed by atoms with E-state index in [2.05, 4.69) is 0 Å². The molecular formula is C9H17NO2. The molecule has 0 spiro atoms. The van der Waals surface area contributed by atoms with Crippen molar-refractivity contribution in [2.75, 3.05) is 6.54 Å². The maximum atomic E-state index is 11.4. The van der Waals surface area contributed by atoms with Crippen LogP contribution in [-0.2, 0) is 4.79 Å². The zero-order valence-corrected chi connectivity index (χ0v) is 7.79. The van der Waals surface area contributed by atoms with Gasteiger partial charge in [-0.05, 0) is 33.1 Å². The number of aliphatic hydroxyl groups is 1. The summed E-state index contributed by atoms with van der Waals surface area (Å²) in [5.41, 5.74) is 0. The first kappa shape index (κ1) is 9.52. The zero-order chi connectivity index (χ0) is 9.14. The molecular weight excluding hydrogens is 154 g/mol. The molecule has 12 heavy (non-hydrogen) atoms. The Morgan fingerprint density at radius 2 is 2.25 bits per heavy atom. The zero-order valence-electron chi connectivity index (χ0n) is 7.79. The Bertz CT molecular complexity index is 168. The van der Waals surface area contributed by atoms with E-state index in [1.54, 1.807) is 4.90 Å². The molecule has 0 aromatic rings. The van der Waals surface area contributed by atoms with E-state index in [0.29, 0.717) is 6.04 Å². The summed E-state index contributed by atoms with van der Waals surface area (Å²) in [5.74, 6) is -0.123. The SMILES string of the molecule is C[C@H](O)C(=O)N1CCCC[C@@H]1C. The molecule has 1 aliphatic heterocycles. The predicted octanol–water partition coefficient (Wildman–Crippen LogP) is 0.768. The lowest BCUT2D eigenvalue weighted by molar-refractivity contribution is -0.142. The van der Waals surface area contributed by atoms with Crippen molar-refractivity contribution in [3.63, 3.8) is 0 Å². The van der Waals surface area contributed by atoms with E-state index in [-0.39, 0.29) is 5.91 Å². The molecule has 0 bridgehead atoms. The van der Waals surface area contributed by atoms with Crippen LogP contribution < -0.4 is 0 Å². The first-order valence-corrected chi connectivity index (χ1v) is 4.61. The van der Waals surface area contributed by atoms with Gasteiger partial charge in [-0.2, -0.15) is 0 Å². The van der Waals surface area contributed by atoms with Crippen LogP contribution in [0, 0.1) is 0 Å². The highest BCUT2D eigenvalue weighted by molar-refractivity contribution is 5.80. The highest BCUT2D eigenvalue weighted by Crippen LogP contribution is 2.16. The minimum atomic E-state index is -0.842. The fraction of sp³-hybridized carbons (Fsp3) is 0.889. The Balaban J connectivity index is 2.53. The average molecular weight is 171 g/mol. The molecule has 1 rings (SSSR count). The van der Waals surface area contributed by atoms with Gasteiger partial charge in [-0.1, -0.05) is 0 Å². The van der Waals surface area contributed by atoms with E-state index in [1.807, 2.05) is 6.92 Å². The summed E-state index contributed by atoms with van der Waals surface area (Å²) in [6.07, 6.45) is 2.50. The summed E-state index contributed by atoms with van der Waals surface area (Å²) < 4.78 is 0. The molecule has 0 aromatic carbocycles. The molecule has 0 saturated carbocycles. The third-order valence-electron chi connectivity index (χ3n) is 2.44. The number of carbonyl (C=O) groups is 1. The van der Waals surface area contributed by atoms with Gasteiger partial charge in [0.2, 0.25) is 0 Å². The average Bonchev–Trinajstić information content (AvgIpc) is 2.04. The van der Waals surface area contributed by atoms with Crippen LogP contribution in [0.2, 0.25) is 0 Å². The number of hydrogen-bond acceptors (Lipinski definition) is 2. The largest absolute Gasteiger partial charge is 0.384 e.